The third-order valence-corrected chi connectivity index (χ3v) is 0.566. The van der Waals surface area contributed by atoms with Crippen LogP contribution in [0.1, 0.15) is 13.8 Å². The maximum atomic E-state index is 3.78. The van der Waals surface area contributed by atoms with Gasteiger partial charge in [-0.15, -0.1) is 0 Å². The van der Waals surface area contributed by atoms with Gasteiger partial charge in [0.25, 0.3) is 0 Å². The number of aromatic nitrogens is 1. The van der Waals surface area contributed by atoms with E-state index in [0.29, 0.717) is 0 Å². The van der Waals surface area contributed by atoms with E-state index < -0.39 is 0 Å². The Hall–Kier alpha value is -0.655. The van der Waals surface area contributed by atoms with Gasteiger partial charge in [0, 0.05) is 0 Å². The normalized spacial score (nSPS) is 6.25. The summed E-state index contributed by atoms with van der Waals surface area (Å²) in [4.78, 5) is 3.78. The Morgan fingerprint density at radius 2 is 2.00 bits per heavy atom. The molecule has 0 saturated carbocycles. The Balaban J connectivity index is 0.000000222. The second-order valence-electron chi connectivity index (χ2n) is 1.02. The fourth-order valence-corrected chi connectivity index (χ4v) is 0.313. The van der Waals surface area contributed by atoms with Crippen LogP contribution in [-0.4, -0.2) is 11.9 Å². The van der Waals surface area contributed by atoms with E-state index in [1.165, 1.54) is 0 Å². The molecule has 2 heteroatoms. The molecule has 0 aliphatic rings. The molecule has 0 N–H and O–H groups in total. The summed E-state index contributed by atoms with van der Waals surface area (Å²) in [6, 6.07) is 3.83. The third-order valence-electron chi connectivity index (χ3n) is 0.566. The van der Waals surface area contributed by atoms with Gasteiger partial charge in [0.05, 0.1) is 0 Å². The van der Waals surface area contributed by atoms with Gasteiger partial charge >= 0.3 is 36.2 Å². The molecule has 0 aliphatic heterocycles. The summed E-state index contributed by atoms with van der Waals surface area (Å²) in [6.07, 6.45) is 1.75. The first-order valence-electron chi connectivity index (χ1n) is 2.85. The van der Waals surface area contributed by atoms with E-state index in [-0.39, 0.29) is 0 Å². The molecule has 0 unspecified atom stereocenters. The van der Waals surface area contributed by atoms with Crippen molar-refractivity contribution in [1.82, 2.24) is 4.89 Å². The second kappa shape index (κ2) is 6.34. The van der Waals surface area contributed by atoms with Crippen LogP contribution in [0.5, 0.6) is 0 Å². The minimum atomic E-state index is 1.75. The SMILES string of the molecule is CC.b1ccccn1. The zero-order chi connectivity index (χ0) is 6.24. The first-order chi connectivity index (χ1) is 4.00. The van der Waals surface area contributed by atoms with Gasteiger partial charge in [-0.2, -0.15) is 0 Å². The molecule has 0 saturated heterocycles. The molecule has 1 rings (SSSR count). The van der Waals surface area contributed by atoms with Crippen molar-refractivity contribution in [3.05, 3.63) is 24.3 Å². The summed E-state index contributed by atoms with van der Waals surface area (Å²) in [5.41, 5.74) is 0. The molecule has 1 aromatic rings. The fourth-order valence-electron chi connectivity index (χ4n) is 0.313. The van der Waals surface area contributed by atoms with Crippen LogP contribution in [0.15, 0.2) is 24.3 Å². The molecule has 1 aromatic heterocycles. The first kappa shape index (κ1) is 7.34. The molecule has 0 radical (unpaired) electrons. The van der Waals surface area contributed by atoms with Crippen molar-refractivity contribution < 1.29 is 0 Å². The van der Waals surface area contributed by atoms with Crippen molar-refractivity contribution in [2.75, 3.05) is 0 Å². The van der Waals surface area contributed by atoms with Gasteiger partial charge in [0.15, 0.2) is 0 Å². The van der Waals surface area contributed by atoms with Crippen molar-refractivity contribution in [2.24, 2.45) is 0 Å². The Labute approximate surface area is 51.0 Å². The van der Waals surface area contributed by atoms with Gasteiger partial charge in [-0.05, 0) is 0 Å². The summed E-state index contributed by atoms with van der Waals surface area (Å²) >= 11 is 0. The van der Waals surface area contributed by atoms with E-state index >= 15 is 0 Å². The average Bonchev–Trinajstić information content (AvgIpc) is 1.96. The van der Waals surface area contributed by atoms with Gasteiger partial charge in [0.2, 0.25) is 0 Å². The van der Waals surface area contributed by atoms with Crippen LogP contribution in [0.3, 0.4) is 0 Å². The molecule has 0 bridgehead atoms. The standard InChI is InChI=1S/C4H4BN.C2H6/c1-2-4-6-5-3-1;1-2/h1-4H;1-2H3. The Morgan fingerprint density at radius 3 is 2.12 bits per heavy atom. The Morgan fingerprint density at radius 1 is 1.25 bits per heavy atom. The average molecular weight is 107 g/mol. The van der Waals surface area contributed by atoms with E-state index in [2.05, 4.69) is 4.89 Å². The summed E-state index contributed by atoms with van der Waals surface area (Å²) in [6.45, 7) is 4.00. The molecule has 0 spiro atoms. The van der Waals surface area contributed by atoms with Gasteiger partial charge in [0.1, 0.15) is 0 Å². The van der Waals surface area contributed by atoms with Crippen LogP contribution in [0.4, 0.5) is 0 Å². The molecule has 1 nitrogen and oxygen atoms in total. The fraction of sp³-hybridized carbons (Fsp3) is 0.333. The summed E-state index contributed by atoms with van der Waals surface area (Å²) in [5, 5.41) is 0. The zero-order valence-corrected chi connectivity index (χ0v) is 5.33. The van der Waals surface area contributed by atoms with Crippen molar-refractivity contribution in [3.63, 3.8) is 0 Å². The number of nitrogens with zero attached hydrogens (tertiary/aromatic N) is 1. The van der Waals surface area contributed by atoms with Crippen LogP contribution in [0.25, 0.3) is 0 Å². The summed E-state index contributed by atoms with van der Waals surface area (Å²) in [5.74, 6) is 1.89. The number of hydrogen-bond acceptors (Lipinski definition) is 1. The number of rotatable bonds is 0. The zero-order valence-electron chi connectivity index (χ0n) is 5.33. The van der Waals surface area contributed by atoms with Crippen molar-refractivity contribution in [3.8, 4) is 0 Å². The van der Waals surface area contributed by atoms with E-state index in [1.54, 1.807) is 13.2 Å². The summed E-state index contributed by atoms with van der Waals surface area (Å²) < 4.78 is 0. The predicted octanol–water partition coefficient (Wildman–Crippen LogP) is 1.45. The number of hydrogen-bond donors (Lipinski definition) is 0. The molecule has 0 aromatic carbocycles. The minimum absolute atomic E-state index is 1.75. The molecule has 0 atom stereocenters. The van der Waals surface area contributed by atoms with Crippen LogP contribution in [0, 0.1) is 0 Å². The molecule has 0 aliphatic carbocycles. The van der Waals surface area contributed by atoms with E-state index in [4.69, 9.17) is 0 Å². The van der Waals surface area contributed by atoms with Gasteiger partial charge in [-0.25, -0.2) is 0 Å². The van der Waals surface area contributed by atoms with Crippen LogP contribution >= 0.6 is 0 Å². The molecule has 0 fully saturated rings. The predicted molar refractivity (Wildman–Crippen MR) is 36.9 cm³/mol. The molecule has 42 valence electrons. The molecular formula is C6H10BN. The Bertz CT molecular complexity index is 80.5. The quantitative estimate of drug-likeness (QED) is 0.488. The summed E-state index contributed by atoms with van der Waals surface area (Å²) in [7, 11) is 1.75. The van der Waals surface area contributed by atoms with E-state index in [0.717, 1.165) is 0 Å². The monoisotopic (exact) mass is 107 g/mol. The van der Waals surface area contributed by atoms with E-state index in [9.17, 15) is 0 Å². The van der Waals surface area contributed by atoms with Gasteiger partial charge in [-0.1, -0.05) is 13.8 Å². The topological polar surface area (TPSA) is 12.9 Å². The first-order valence-corrected chi connectivity index (χ1v) is 2.85. The maximum absolute atomic E-state index is 3.78. The van der Waals surface area contributed by atoms with Crippen molar-refractivity contribution >= 4 is 7.05 Å². The molecule has 1 heterocycles. The third kappa shape index (κ3) is 3.53. The van der Waals surface area contributed by atoms with Gasteiger partial charge in [-0.3, -0.25) is 0 Å². The van der Waals surface area contributed by atoms with Crippen LogP contribution in [-0.2, 0) is 0 Å². The Kier molecular flexibility index (Phi) is 5.83. The van der Waals surface area contributed by atoms with Crippen molar-refractivity contribution in [1.29, 1.82) is 0 Å². The second-order valence-corrected chi connectivity index (χ2v) is 1.02. The molecule has 0 amide bonds. The van der Waals surface area contributed by atoms with Crippen molar-refractivity contribution in [2.45, 2.75) is 13.8 Å². The van der Waals surface area contributed by atoms with E-state index in [1.807, 2.05) is 31.9 Å². The van der Waals surface area contributed by atoms with Gasteiger partial charge < -0.3 is 0 Å². The van der Waals surface area contributed by atoms with Crippen LogP contribution in [0.2, 0.25) is 0 Å². The molecule has 8 heavy (non-hydrogen) atoms. The van der Waals surface area contributed by atoms with Crippen LogP contribution < -0.4 is 0 Å². The molecular weight excluding hydrogens is 96.9 g/mol.